The summed E-state index contributed by atoms with van der Waals surface area (Å²) in [6.07, 6.45) is 2.17. The minimum absolute atomic E-state index is 0.909. The van der Waals surface area contributed by atoms with Crippen molar-refractivity contribution in [1.82, 2.24) is 14.0 Å². The van der Waals surface area contributed by atoms with E-state index in [-0.39, 0.29) is 0 Å². The molecule has 0 aliphatic rings. The Bertz CT molecular complexity index is 2400. The van der Waals surface area contributed by atoms with Crippen LogP contribution in [0.25, 0.3) is 77.9 Å². The zero-order chi connectivity index (χ0) is 30.5. The number of rotatable bonds is 5. The lowest BCUT2D eigenvalue weighted by atomic mass is 10.0. The van der Waals surface area contributed by atoms with Crippen LogP contribution in [0.1, 0.15) is 0 Å². The van der Waals surface area contributed by atoms with Crippen LogP contribution < -0.4 is 0 Å². The Morgan fingerprint density at radius 3 is 1.39 bits per heavy atom. The molecule has 9 rings (SSSR count). The van der Waals surface area contributed by atoms with Crippen molar-refractivity contribution in [2.24, 2.45) is 0 Å². The molecule has 6 aromatic carbocycles. The highest BCUT2D eigenvalue weighted by Crippen LogP contribution is 2.38. The fourth-order valence-electron chi connectivity index (χ4n) is 6.76. The monoisotopic (exact) mass is 587 g/mol. The molecular formula is C43H29N3. The van der Waals surface area contributed by atoms with Crippen LogP contribution in [-0.4, -0.2) is 14.0 Å². The van der Waals surface area contributed by atoms with E-state index in [0.717, 1.165) is 33.8 Å². The second-order valence-electron chi connectivity index (χ2n) is 11.7. The van der Waals surface area contributed by atoms with Crippen molar-refractivity contribution in [3.8, 4) is 50.5 Å². The second kappa shape index (κ2) is 10.8. The summed E-state index contributed by atoms with van der Waals surface area (Å²) in [4.78, 5) is 5.25. The SMILES string of the molecule is c1ccc(-c2ccc3c(c2)c2cc(-c4ccccc4)ccc2n3-c2ccn3c(-c4ccccc4)c(-c4ccccc4)nc3c2)cc1. The first-order valence-corrected chi connectivity index (χ1v) is 15.6. The number of fused-ring (bicyclic) bond motifs is 4. The fourth-order valence-corrected chi connectivity index (χ4v) is 6.76. The predicted octanol–water partition coefficient (Wildman–Crippen LogP) is 11.1. The van der Waals surface area contributed by atoms with Gasteiger partial charge in [0, 0.05) is 34.2 Å². The van der Waals surface area contributed by atoms with Gasteiger partial charge in [-0.15, -0.1) is 0 Å². The summed E-state index contributed by atoms with van der Waals surface area (Å²) < 4.78 is 4.60. The third-order valence-electron chi connectivity index (χ3n) is 8.94. The van der Waals surface area contributed by atoms with Crippen LogP contribution in [0.15, 0.2) is 176 Å². The number of pyridine rings is 1. The van der Waals surface area contributed by atoms with E-state index in [1.807, 2.05) is 6.07 Å². The highest BCUT2D eigenvalue weighted by atomic mass is 15.0. The van der Waals surface area contributed by atoms with Gasteiger partial charge in [-0.05, 0) is 52.6 Å². The van der Waals surface area contributed by atoms with Crippen LogP contribution >= 0.6 is 0 Å². The van der Waals surface area contributed by atoms with Crippen LogP contribution in [0.3, 0.4) is 0 Å². The lowest BCUT2D eigenvalue weighted by Crippen LogP contribution is -1.96. The quantitative estimate of drug-likeness (QED) is 0.196. The van der Waals surface area contributed by atoms with Gasteiger partial charge in [-0.1, -0.05) is 133 Å². The number of hydrogen-bond donors (Lipinski definition) is 0. The zero-order valence-corrected chi connectivity index (χ0v) is 25.1. The molecule has 0 aliphatic carbocycles. The first kappa shape index (κ1) is 26.2. The van der Waals surface area contributed by atoms with E-state index in [0.29, 0.717) is 0 Å². The average Bonchev–Trinajstić information content (AvgIpc) is 3.68. The molecule has 3 heterocycles. The maximum Gasteiger partial charge on any atom is 0.140 e. The molecule has 3 heteroatoms. The molecule has 0 amide bonds. The molecule has 0 atom stereocenters. The maximum atomic E-state index is 5.25. The molecule has 0 N–H and O–H groups in total. The number of benzene rings is 6. The zero-order valence-electron chi connectivity index (χ0n) is 25.1. The topological polar surface area (TPSA) is 22.2 Å². The van der Waals surface area contributed by atoms with Crippen molar-refractivity contribution in [2.45, 2.75) is 0 Å². The van der Waals surface area contributed by atoms with Crippen molar-refractivity contribution >= 4 is 27.5 Å². The van der Waals surface area contributed by atoms with Gasteiger partial charge in [0.25, 0.3) is 0 Å². The van der Waals surface area contributed by atoms with E-state index in [1.165, 1.54) is 44.1 Å². The van der Waals surface area contributed by atoms with Crippen LogP contribution in [0.2, 0.25) is 0 Å². The van der Waals surface area contributed by atoms with Gasteiger partial charge in [0.1, 0.15) is 5.65 Å². The second-order valence-corrected chi connectivity index (χ2v) is 11.7. The maximum absolute atomic E-state index is 5.25. The normalized spacial score (nSPS) is 11.5. The minimum Gasteiger partial charge on any atom is -0.309 e. The van der Waals surface area contributed by atoms with Crippen LogP contribution in [0.5, 0.6) is 0 Å². The molecule has 3 nitrogen and oxygen atoms in total. The molecule has 0 fully saturated rings. The number of imidazole rings is 1. The summed E-state index contributed by atoms with van der Waals surface area (Å²) >= 11 is 0. The van der Waals surface area contributed by atoms with Gasteiger partial charge in [0.15, 0.2) is 0 Å². The van der Waals surface area contributed by atoms with E-state index < -0.39 is 0 Å². The molecule has 0 spiro atoms. The molecule has 3 aromatic heterocycles. The average molecular weight is 588 g/mol. The lowest BCUT2D eigenvalue weighted by Gasteiger charge is -2.10. The van der Waals surface area contributed by atoms with Crippen LogP contribution in [0, 0.1) is 0 Å². The summed E-state index contributed by atoms with van der Waals surface area (Å²) in [6.45, 7) is 0. The van der Waals surface area contributed by atoms with Crippen molar-refractivity contribution < 1.29 is 0 Å². The largest absolute Gasteiger partial charge is 0.309 e. The Balaban J connectivity index is 1.29. The van der Waals surface area contributed by atoms with Crippen molar-refractivity contribution in [3.05, 3.63) is 176 Å². The van der Waals surface area contributed by atoms with Gasteiger partial charge in [-0.2, -0.15) is 0 Å². The third-order valence-corrected chi connectivity index (χ3v) is 8.94. The molecule has 216 valence electrons. The summed E-state index contributed by atoms with van der Waals surface area (Å²) in [6, 6.07) is 60.4. The molecule has 0 unspecified atom stereocenters. The molecule has 9 aromatic rings. The van der Waals surface area contributed by atoms with Gasteiger partial charge in [0.05, 0.1) is 28.1 Å². The van der Waals surface area contributed by atoms with Crippen LogP contribution in [-0.2, 0) is 0 Å². The van der Waals surface area contributed by atoms with Gasteiger partial charge in [0.2, 0.25) is 0 Å². The minimum atomic E-state index is 0.909. The first-order chi connectivity index (χ1) is 22.8. The van der Waals surface area contributed by atoms with Crippen molar-refractivity contribution in [2.75, 3.05) is 0 Å². The lowest BCUT2D eigenvalue weighted by molar-refractivity contribution is 1.13. The Kier molecular flexibility index (Phi) is 6.14. The van der Waals surface area contributed by atoms with Crippen molar-refractivity contribution in [3.63, 3.8) is 0 Å². The standard InChI is InChI=1S/C43H29N3/c1-5-13-30(14-6-1)34-21-23-39-37(27-34)38-28-35(31-15-7-2-8-16-31)22-24-40(38)46(39)36-25-26-45-41(29-36)44-42(32-17-9-3-10-18-32)43(45)33-19-11-4-12-20-33/h1-29H. The molecule has 0 saturated heterocycles. The highest BCUT2D eigenvalue weighted by Gasteiger charge is 2.19. The van der Waals surface area contributed by atoms with Gasteiger partial charge in [-0.3, -0.25) is 4.40 Å². The number of aromatic nitrogens is 3. The predicted molar refractivity (Wildman–Crippen MR) is 191 cm³/mol. The van der Waals surface area contributed by atoms with E-state index >= 15 is 0 Å². The molecule has 46 heavy (non-hydrogen) atoms. The Morgan fingerprint density at radius 1 is 0.391 bits per heavy atom. The summed E-state index contributed by atoms with van der Waals surface area (Å²) in [5, 5.41) is 2.46. The van der Waals surface area contributed by atoms with E-state index in [2.05, 4.69) is 179 Å². The van der Waals surface area contributed by atoms with Gasteiger partial charge < -0.3 is 4.57 Å². The Labute approximate surface area is 267 Å². The van der Waals surface area contributed by atoms with E-state index in [9.17, 15) is 0 Å². The summed E-state index contributed by atoms with van der Waals surface area (Å²) in [5.74, 6) is 0. The summed E-state index contributed by atoms with van der Waals surface area (Å²) in [5.41, 5.74) is 13.5. The van der Waals surface area contributed by atoms with Gasteiger partial charge in [-0.25, -0.2) is 4.98 Å². The molecule has 0 bridgehead atoms. The van der Waals surface area contributed by atoms with E-state index in [4.69, 9.17) is 4.98 Å². The number of hydrogen-bond acceptors (Lipinski definition) is 1. The Morgan fingerprint density at radius 2 is 0.870 bits per heavy atom. The fraction of sp³-hybridized carbons (Fsp3) is 0. The van der Waals surface area contributed by atoms with Gasteiger partial charge >= 0.3 is 0 Å². The Hall–Kier alpha value is -6.19. The van der Waals surface area contributed by atoms with Crippen LogP contribution in [0.4, 0.5) is 0 Å². The molecule has 0 saturated carbocycles. The van der Waals surface area contributed by atoms with Crippen molar-refractivity contribution in [1.29, 1.82) is 0 Å². The smallest absolute Gasteiger partial charge is 0.140 e. The molecule has 0 radical (unpaired) electrons. The molecule has 0 aliphatic heterocycles. The first-order valence-electron chi connectivity index (χ1n) is 15.6. The third kappa shape index (κ3) is 4.33. The summed E-state index contributed by atoms with van der Waals surface area (Å²) in [7, 11) is 0. The number of nitrogens with zero attached hydrogens (tertiary/aromatic N) is 3. The van der Waals surface area contributed by atoms with E-state index in [1.54, 1.807) is 0 Å². The molecular weight excluding hydrogens is 558 g/mol. The highest BCUT2D eigenvalue weighted by molar-refractivity contribution is 6.11.